The molecule has 0 aliphatic carbocycles. The lowest BCUT2D eigenvalue weighted by Crippen LogP contribution is -2.45. The minimum absolute atomic E-state index is 0.162. The van der Waals surface area contributed by atoms with Crippen molar-refractivity contribution < 1.29 is 42.5 Å². The second-order valence-electron chi connectivity index (χ2n) is 6.34. The first-order valence-electron chi connectivity index (χ1n) is 7.85. The summed E-state index contributed by atoms with van der Waals surface area (Å²) in [5.74, 6) is -6.42. The third kappa shape index (κ3) is 4.91. The number of carboxylic acids is 1. The van der Waals surface area contributed by atoms with Gasteiger partial charge in [-0.1, -0.05) is 20.8 Å². The number of carbonyl (C=O) groups excluding carboxylic acids is 2. The summed E-state index contributed by atoms with van der Waals surface area (Å²) in [5, 5.41) is 9.50. The Morgan fingerprint density at radius 1 is 1.19 bits per heavy atom. The van der Waals surface area contributed by atoms with E-state index < -0.39 is 58.8 Å². The lowest BCUT2D eigenvalue weighted by atomic mass is 9.94. The van der Waals surface area contributed by atoms with E-state index in [0.717, 1.165) is 0 Å². The van der Waals surface area contributed by atoms with Crippen LogP contribution in [-0.4, -0.2) is 43.6 Å². The molecule has 0 aliphatic heterocycles. The molecule has 0 heterocycles. The summed E-state index contributed by atoms with van der Waals surface area (Å²) in [6.45, 7) is 5.05. The molecule has 0 unspecified atom stereocenters. The van der Waals surface area contributed by atoms with Crippen molar-refractivity contribution >= 4 is 23.7 Å². The lowest BCUT2D eigenvalue weighted by molar-refractivity contribution is -0.125. The summed E-state index contributed by atoms with van der Waals surface area (Å²) in [4.78, 5) is 37.0. The Hall–Kier alpha value is -2.75. The van der Waals surface area contributed by atoms with Gasteiger partial charge in [0.25, 0.3) is 0 Å². The molecule has 0 atom stereocenters. The number of rotatable bonds is 6. The number of carboxylic acid groups (broad SMARTS) is 1. The molecule has 1 N–H and O–H groups in total. The molecule has 27 heavy (non-hydrogen) atoms. The van der Waals surface area contributed by atoms with Crippen LogP contribution in [0, 0.1) is 17.0 Å². The van der Waals surface area contributed by atoms with E-state index in [-0.39, 0.29) is 11.5 Å². The zero-order chi connectivity index (χ0) is 20.9. The number of halogens is 2. The lowest BCUT2D eigenvalue weighted by Gasteiger charge is -2.29. The molecule has 1 aromatic rings. The summed E-state index contributed by atoms with van der Waals surface area (Å²) >= 11 is 0. The van der Waals surface area contributed by atoms with Gasteiger partial charge in [0.1, 0.15) is 11.3 Å². The van der Waals surface area contributed by atoms with Gasteiger partial charge < -0.3 is 19.3 Å². The van der Waals surface area contributed by atoms with E-state index in [2.05, 4.69) is 4.74 Å². The van der Waals surface area contributed by atoms with Gasteiger partial charge in [0.15, 0.2) is 24.2 Å². The van der Waals surface area contributed by atoms with E-state index in [0.29, 0.717) is 6.07 Å². The zero-order valence-electron chi connectivity index (χ0n) is 15.6. The fourth-order valence-electron chi connectivity index (χ4n) is 2.07. The molecule has 1 aromatic carbocycles. The van der Waals surface area contributed by atoms with Gasteiger partial charge in [0.05, 0.1) is 6.61 Å². The molecule has 0 fully saturated rings. The predicted molar refractivity (Wildman–Crippen MR) is 89.8 cm³/mol. The van der Waals surface area contributed by atoms with Crippen molar-refractivity contribution in [2.75, 3.05) is 25.4 Å². The second-order valence-corrected chi connectivity index (χ2v) is 6.34. The van der Waals surface area contributed by atoms with Gasteiger partial charge in [0, 0.05) is 18.6 Å². The molecule has 10 heteroatoms. The molecule has 0 radical (unpaired) electrons. The summed E-state index contributed by atoms with van der Waals surface area (Å²) < 4.78 is 43.0. The highest BCUT2D eigenvalue weighted by Crippen LogP contribution is 2.37. The Morgan fingerprint density at radius 3 is 2.22 bits per heavy atom. The van der Waals surface area contributed by atoms with Crippen LogP contribution in [0.25, 0.3) is 0 Å². The predicted octanol–water partition coefficient (Wildman–Crippen LogP) is 3.18. The highest BCUT2D eigenvalue weighted by molar-refractivity contribution is 6.17. The van der Waals surface area contributed by atoms with Crippen molar-refractivity contribution in [2.24, 2.45) is 5.41 Å². The molecule has 0 saturated heterocycles. The quantitative estimate of drug-likeness (QED) is 0.746. The number of aromatic carboxylic acids is 1. The van der Waals surface area contributed by atoms with Crippen LogP contribution in [-0.2, 0) is 14.3 Å². The van der Waals surface area contributed by atoms with E-state index in [9.17, 15) is 28.3 Å². The van der Waals surface area contributed by atoms with Gasteiger partial charge >= 0.3 is 12.1 Å². The number of methoxy groups -OCH3 is 1. The average Bonchev–Trinajstić information content (AvgIpc) is 2.54. The maximum absolute atomic E-state index is 14.6. The Kier molecular flexibility index (Phi) is 7.23. The standard InChI is InChI=1S/C17H21F2NO7/c1-6-26-16(24)20(15(23)17(2,3)4)12-9(18)7-10(19)13(27-8-25-5)11(12)14(21)22/h7H,6,8H2,1-5H3,(H,21,22). The summed E-state index contributed by atoms with van der Waals surface area (Å²) in [7, 11) is 1.21. The third-order valence-corrected chi connectivity index (χ3v) is 3.21. The number of amides is 2. The number of nitrogens with zero attached hydrogens (tertiary/aromatic N) is 1. The first-order valence-corrected chi connectivity index (χ1v) is 7.85. The number of benzene rings is 1. The van der Waals surface area contributed by atoms with E-state index in [1.54, 1.807) is 0 Å². The van der Waals surface area contributed by atoms with Crippen molar-refractivity contribution in [3.05, 3.63) is 23.3 Å². The molecule has 0 bridgehead atoms. The number of carbonyl (C=O) groups is 3. The van der Waals surface area contributed by atoms with Crippen molar-refractivity contribution in [2.45, 2.75) is 27.7 Å². The Balaban J connectivity index is 3.82. The van der Waals surface area contributed by atoms with Crippen LogP contribution >= 0.6 is 0 Å². The first kappa shape index (κ1) is 22.3. The number of ether oxygens (including phenoxy) is 3. The van der Waals surface area contributed by atoms with Crippen LogP contribution in [0.15, 0.2) is 6.07 Å². The topological polar surface area (TPSA) is 102 Å². The molecule has 8 nitrogen and oxygen atoms in total. The Bertz CT molecular complexity index is 744. The normalized spacial score (nSPS) is 11.1. The third-order valence-electron chi connectivity index (χ3n) is 3.21. The van der Waals surface area contributed by atoms with Crippen LogP contribution in [0.2, 0.25) is 0 Å². The molecular weight excluding hydrogens is 368 g/mol. The number of anilines is 1. The van der Waals surface area contributed by atoms with Crippen LogP contribution in [0.3, 0.4) is 0 Å². The highest BCUT2D eigenvalue weighted by Gasteiger charge is 2.40. The number of imide groups is 1. The molecular formula is C17H21F2NO7. The summed E-state index contributed by atoms with van der Waals surface area (Å²) in [5.41, 5.74) is -3.24. The zero-order valence-corrected chi connectivity index (χ0v) is 15.6. The molecule has 1 rings (SSSR count). The molecule has 2 amide bonds. The van der Waals surface area contributed by atoms with E-state index in [1.165, 1.54) is 34.8 Å². The van der Waals surface area contributed by atoms with Crippen LogP contribution in [0.1, 0.15) is 38.1 Å². The SMILES string of the molecule is CCOC(=O)N(C(=O)C(C)(C)C)c1c(F)cc(F)c(OCOC)c1C(=O)O. The molecule has 0 saturated carbocycles. The maximum atomic E-state index is 14.6. The van der Waals surface area contributed by atoms with Crippen molar-refractivity contribution in [1.82, 2.24) is 0 Å². The van der Waals surface area contributed by atoms with Crippen LogP contribution in [0.4, 0.5) is 19.3 Å². The highest BCUT2D eigenvalue weighted by atomic mass is 19.1. The second kappa shape index (κ2) is 8.76. The minimum atomic E-state index is -1.81. The Morgan fingerprint density at radius 2 is 1.78 bits per heavy atom. The van der Waals surface area contributed by atoms with Crippen LogP contribution < -0.4 is 9.64 Å². The fourth-order valence-corrected chi connectivity index (χ4v) is 2.07. The monoisotopic (exact) mass is 389 g/mol. The molecule has 0 aliphatic rings. The first-order chi connectivity index (χ1) is 12.5. The molecule has 150 valence electrons. The Labute approximate surface area is 154 Å². The molecule has 0 aromatic heterocycles. The van der Waals surface area contributed by atoms with Crippen molar-refractivity contribution in [3.63, 3.8) is 0 Å². The van der Waals surface area contributed by atoms with E-state index in [4.69, 9.17) is 9.47 Å². The van der Waals surface area contributed by atoms with Gasteiger partial charge in [0.2, 0.25) is 5.91 Å². The average molecular weight is 389 g/mol. The fraction of sp³-hybridized carbons (Fsp3) is 0.471. The molecule has 0 spiro atoms. The van der Waals surface area contributed by atoms with E-state index >= 15 is 0 Å². The van der Waals surface area contributed by atoms with Gasteiger partial charge in [-0.05, 0) is 6.92 Å². The van der Waals surface area contributed by atoms with Crippen molar-refractivity contribution in [3.8, 4) is 5.75 Å². The van der Waals surface area contributed by atoms with Crippen molar-refractivity contribution in [1.29, 1.82) is 0 Å². The van der Waals surface area contributed by atoms with Gasteiger partial charge in [-0.15, -0.1) is 0 Å². The number of hydrogen-bond donors (Lipinski definition) is 1. The summed E-state index contributed by atoms with van der Waals surface area (Å²) in [6.07, 6.45) is -1.30. The van der Waals surface area contributed by atoms with E-state index in [1.807, 2.05) is 0 Å². The number of hydrogen-bond acceptors (Lipinski definition) is 6. The van der Waals surface area contributed by atoms with Crippen LogP contribution in [0.5, 0.6) is 5.75 Å². The van der Waals surface area contributed by atoms with Gasteiger partial charge in [-0.3, -0.25) is 4.79 Å². The maximum Gasteiger partial charge on any atom is 0.421 e. The summed E-state index contributed by atoms with van der Waals surface area (Å²) in [6, 6.07) is 0.314. The largest absolute Gasteiger partial charge is 0.477 e. The van der Waals surface area contributed by atoms with Gasteiger partial charge in [-0.25, -0.2) is 23.3 Å². The minimum Gasteiger partial charge on any atom is -0.477 e. The van der Waals surface area contributed by atoms with Gasteiger partial charge in [-0.2, -0.15) is 0 Å². The smallest absolute Gasteiger partial charge is 0.421 e.